The van der Waals surface area contributed by atoms with E-state index in [-0.39, 0.29) is 0 Å². The number of rotatable bonds is 8. The number of hydrogen-bond donors (Lipinski definition) is 0. The fraction of sp³-hybridized carbons (Fsp3) is 0.364. The Morgan fingerprint density at radius 3 is 2.74 bits per heavy atom. The summed E-state index contributed by atoms with van der Waals surface area (Å²) in [6.45, 7) is 3.69. The highest BCUT2D eigenvalue weighted by Crippen LogP contribution is 2.34. The molecule has 0 unspecified atom stereocenters. The Morgan fingerprint density at radius 1 is 1.22 bits per heavy atom. The predicted molar refractivity (Wildman–Crippen MR) is 108 cm³/mol. The molecular weight excluding hydrogens is 340 g/mol. The van der Waals surface area contributed by atoms with Crippen molar-refractivity contribution in [3.8, 4) is 11.5 Å². The normalized spacial score (nSPS) is 12.7. The van der Waals surface area contributed by atoms with Crippen LogP contribution in [0.1, 0.15) is 33.5 Å². The first-order chi connectivity index (χ1) is 13.0. The Labute approximate surface area is 160 Å². The number of ether oxygens (including phenoxy) is 2. The van der Waals surface area contributed by atoms with E-state index in [1.807, 2.05) is 31.2 Å². The molecule has 1 aliphatic rings. The van der Waals surface area contributed by atoms with Crippen molar-refractivity contribution in [2.75, 3.05) is 34.4 Å². The summed E-state index contributed by atoms with van der Waals surface area (Å²) in [7, 11) is 5.70. The maximum atomic E-state index is 11.2. The van der Waals surface area contributed by atoms with E-state index in [0.29, 0.717) is 17.9 Å². The number of methoxy groups -OCH3 is 1. The lowest BCUT2D eigenvalue weighted by Crippen LogP contribution is -2.15. The van der Waals surface area contributed by atoms with Gasteiger partial charge in [-0.3, -0.25) is 9.79 Å². The predicted octanol–water partition coefficient (Wildman–Crippen LogP) is 3.82. The van der Waals surface area contributed by atoms with Crippen LogP contribution in [0.5, 0.6) is 11.5 Å². The Bertz CT molecular complexity index is 872. The van der Waals surface area contributed by atoms with Gasteiger partial charge in [-0.1, -0.05) is 6.07 Å². The van der Waals surface area contributed by atoms with Crippen LogP contribution in [-0.2, 0) is 6.42 Å². The van der Waals surface area contributed by atoms with Crippen molar-refractivity contribution < 1.29 is 14.3 Å². The van der Waals surface area contributed by atoms with E-state index in [9.17, 15) is 4.79 Å². The summed E-state index contributed by atoms with van der Waals surface area (Å²) < 4.78 is 11.2. The first-order valence-corrected chi connectivity index (χ1v) is 9.14. The van der Waals surface area contributed by atoms with Crippen LogP contribution in [0.3, 0.4) is 0 Å². The van der Waals surface area contributed by atoms with Crippen LogP contribution < -0.4 is 9.47 Å². The number of fused-ring (bicyclic) bond motifs is 1. The molecule has 1 heterocycles. The summed E-state index contributed by atoms with van der Waals surface area (Å²) >= 11 is 0. The Balaban J connectivity index is 1.78. The summed E-state index contributed by atoms with van der Waals surface area (Å²) in [5, 5.41) is 0. The molecule has 0 atom stereocenters. The number of benzene rings is 2. The average Bonchev–Trinajstić information content (AvgIpc) is 3.07. The number of carbonyl (C=O) groups excluding carboxylic acids is 1. The van der Waals surface area contributed by atoms with Crippen molar-refractivity contribution in [2.24, 2.45) is 4.99 Å². The van der Waals surface area contributed by atoms with Gasteiger partial charge in [-0.2, -0.15) is 0 Å². The van der Waals surface area contributed by atoms with Gasteiger partial charge in [0.25, 0.3) is 0 Å². The van der Waals surface area contributed by atoms with E-state index >= 15 is 0 Å². The van der Waals surface area contributed by atoms with Crippen LogP contribution in [0.15, 0.2) is 35.3 Å². The molecule has 0 fully saturated rings. The topological polar surface area (TPSA) is 51.1 Å². The maximum absolute atomic E-state index is 11.2. The number of aryl methyl sites for hydroxylation is 1. The lowest BCUT2D eigenvalue weighted by atomic mass is 9.97. The number of aliphatic imine (C=N–C) groups is 1. The van der Waals surface area contributed by atoms with E-state index in [0.717, 1.165) is 53.9 Å². The van der Waals surface area contributed by atoms with Gasteiger partial charge < -0.3 is 14.4 Å². The molecule has 0 radical (unpaired) electrons. The van der Waals surface area contributed by atoms with Gasteiger partial charge in [-0.05, 0) is 56.8 Å². The van der Waals surface area contributed by atoms with Gasteiger partial charge in [-0.25, -0.2) is 0 Å². The monoisotopic (exact) mass is 366 g/mol. The molecule has 0 spiro atoms. The largest absolute Gasteiger partial charge is 0.496 e. The second-order valence-electron chi connectivity index (χ2n) is 7.06. The fourth-order valence-corrected chi connectivity index (χ4v) is 3.27. The van der Waals surface area contributed by atoms with Gasteiger partial charge in [0.2, 0.25) is 0 Å². The minimum Gasteiger partial charge on any atom is -0.496 e. The molecule has 0 bridgehead atoms. The molecule has 5 nitrogen and oxygen atoms in total. The smallest absolute Gasteiger partial charge is 0.153 e. The van der Waals surface area contributed by atoms with E-state index in [1.54, 1.807) is 7.11 Å². The summed E-state index contributed by atoms with van der Waals surface area (Å²) in [5.74, 6) is 1.43. The van der Waals surface area contributed by atoms with Gasteiger partial charge in [-0.15, -0.1) is 0 Å². The molecule has 0 saturated heterocycles. The van der Waals surface area contributed by atoms with Crippen LogP contribution in [0, 0.1) is 6.92 Å². The van der Waals surface area contributed by atoms with Crippen LogP contribution in [0.25, 0.3) is 0 Å². The lowest BCUT2D eigenvalue weighted by Gasteiger charge is -2.10. The van der Waals surface area contributed by atoms with Crippen LogP contribution in [0.2, 0.25) is 0 Å². The fourth-order valence-electron chi connectivity index (χ4n) is 3.27. The molecule has 0 aromatic heterocycles. The van der Waals surface area contributed by atoms with Crippen molar-refractivity contribution in [1.29, 1.82) is 0 Å². The van der Waals surface area contributed by atoms with Crippen molar-refractivity contribution in [3.05, 3.63) is 52.6 Å². The third kappa shape index (κ3) is 4.37. The lowest BCUT2D eigenvalue weighted by molar-refractivity contribution is 0.112. The molecule has 3 rings (SSSR count). The molecule has 2 aromatic rings. The van der Waals surface area contributed by atoms with Crippen LogP contribution in [0.4, 0.5) is 5.69 Å². The molecule has 0 saturated carbocycles. The second-order valence-corrected chi connectivity index (χ2v) is 7.06. The highest BCUT2D eigenvalue weighted by atomic mass is 16.5. The number of aldehydes is 1. The molecule has 0 amide bonds. The van der Waals surface area contributed by atoms with Crippen molar-refractivity contribution in [2.45, 2.75) is 19.8 Å². The standard InChI is InChI=1S/C22H26N2O3/c1-15-10-17(14-25)22(26-4)13-19(15)21-11-16-6-7-18(12-20(16)23-21)27-9-5-8-24(2)3/h6-7,10,12-14H,5,8-9,11H2,1-4H3. The van der Waals surface area contributed by atoms with Gasteiger partial charge in [0.1, 0.15) is 11.5 Å². The highest BCUT2D eigenvalue weighted by Gasteiger charge is 2.20. The zero-order valence-corrected chi connectivity index (χ0v) is 16.4. The third-order valence-electron chi connectivity index (χ3n) is 4.70. The van der Waals surface area contributed by atoms with Crippen molar-refractivity contribution in [3.63, 3.8) is 0 Å². The number of carbonyl (C=O) groups is 1. The van der Waals surface area contributed by atoms with Gasteiger partial charge >= 0.3 is 0 Å². The Morgan fingerprint density at radius 2 is 2.04 bits per heavy atom. The Kier molecular flexibility index (Phi) is 5.91. The highest BCUT2D eigenvalue weighted by molar-refractivity contribution is 6.08. The molecule has 142 valence electrons. The molecule has 27 heavy (non-hydrogen) atoms. The zero-order chi connectivity index (χ0) is 19.4. The SMILES string of the molecule is COc1cc(C2=Nc3cc(OCCCN(C)C)ccc3C2)c(C)cc1C=O. The van der Waals surface area contributed by atoms with Gasteiger partial charge in [0, 0.05) is 24.6 Å². The first kappa shape index (κ1) is 19.1. The first-order valence-electron chi connectivity index (χ1n) is 9.14. The average molecular weight is 366 g/mol. The maximum Gasteiger partial charge on any atom is 0.153 e. The van der Waals surface area contributed by atoms with Crippen LogP contribution in [-0.4, -0.2) is 51.3 Å². The minimum absolute atomic E-state index is 0.559. The van der Waals surface area contributed by atoms with E-state index in [2.05, 4.69) is 25.1 Å². The summed E-state index contributed by atoms with van der Waals surface area (Å²) in [5.41, 5.74) is 5.72. The number of nitrogens with zero attached hydrogens (tertiary/aromatic N) is 2. The molecule has 2 aromatic carbocycles. The van der Waals surface area contributed by atoms with E-state index in [4.69, 9.17) is 14.5 Å². The molecule has 0 N–H and O–H groups in total. The molecule has 5 heteroatoms. The van der Waals surface area contributed by atoms with Crippen molar-refractivity contribution >= 4 is 17.7 Å². The second kappa shape index (κ2) is 8.35. The van der Waals surface area contributed by atoms with Crippen molar-refractivity contribution in [1.82, 2.24) is 4.90 Å². The van der Waals surface area contributed by atoms with Crippen LogP contribution >= 0.6 is 0 Å². The molecule has 1 aliphatic heterocycles. The van der Waals surface area contributed by atoms with Gasteiger partial charge in [0.05, 0.1) is 30.7 Å². The summed E-state index contributed by atoms with van der Waals surface area (Å²) in [6.07, 6.45) is 2.57. The minimum atomic E-state index is 0.559. The third-order valence-corrected chi connectivity index (χ3v) is 4.70. The number of hydrogen-bond acceptors (Lipinski definition) is 5. The van der Waals surface area contributed by atoms with E-state index in [1.165, 1.54) is 5.56 Å². The molecular formula is C22H26N2O3. The Hall–Kier alpha value is -2.66. The van der Waals surface area contributed by atoms with Gasteiger partial charge in [0.15, 0.2) is 6.29 Å². The summed E-state index contributed by atoms with van der Waals surface area (Å²) in [4.78, 5) is 18.2. The van der Waals surface area contributed by atoms with E-state index < -0.39 is 0 Å². The quantitative estimate of drug-likeness (QED) is 0.526. The summed E-state index contributed by atoms with van der Waals surface area (Å²) in [6, 6.07) is 9.86. The zero-order valence-electron chi connectivity index (χ0n) is 16.4. The molecule has 0 aliphatic carbocycles.